The maximum absolute atomic E-state index is 10.1. The van der Waals surface area contributed by atoms with E-state index in [1.165, 1.54) is 0 Å². The van der Waals surface area contributed by atoms with Crippen molar-refractivity contribution in [2.75, 3.05) is 6.61 Å². The van der Waals surface area contributed by atoms with E-state index in [-0.39, 0.29) is 5.60 Å². The van der Waals surface area contributed by atoms with Crippen molar-refractivity contribution in [3.63, 3.8) is 0 Å². The molecule has 1 heterocycles. The summed E-state index contributed by atoms with van der Waals surface area (Å²) in [7, 11) is 0. The number of rotatable bonds is 2. The fraction of sp³-hybridized carbons (Fsp3) is 0.800. The quantitative estimate of drug-likeness (QED) is 0.641. The van der Waals surface area contributed by atoms with E-state index in [2.05, 4.69) is 6.58 Å². The SMILES string of the molecule is C=CCC1(O)CCOC(C)(C)C1. The smallest absolute Gasteiger partial charge is 0.0731 e. The van der Waals surface area contributed by atoms with Gasteiger partial charge in [0.25, 0.3) is 0 Å². The van der Waals surface area contributed by atoms with Gasteiger partial charge in [0.05, 0.1) is 17.8 Å². The third-order valence-electron chi connectivity index (χ3n) is 2.34. The molecular weight excluding hydrogens is 152 g/mol. The molecule has 0 amide bonds. The highest BCUT2D eigenvalue weighted by Gasteiger charge is 2.38. The van der Waals surface area contributed by atoms with Gasteiger partial charge in [0.2, 0.25) is 0 Å². The molecule has 0 spiro atoms. The van der Waals surface area contributed by atoms with Crippen LogP contribution in [0, 0.1) is 0 Å². The second-order valence-corrected chi connectivity index (χ2v) is 4.25. The second-order valence-electron chi connectivity index (χ2n) is 4.25. The lowest BCUT2D eigenvalue weighted by molar-refractivity contribution is -0.142. The van der Waals surface area contributed by atoms with E-state index in [0.717, 1.165) is 6.42 Å². The summed E-state index contributed by atoms with van der Waals surface area (Å²) in [5.41, 5.74) is -0.764. The van der Waals surface area contributed by atoms with Gasteiger partial charge in [-0.15, -0.1) is 6.58 Å². The van der Waals surface area contributed by atoms with Gasteiger partial charge >= 0.3 is 0 Å². The molecule has 1 unspecified atom stereocenters. The van der Waals surface area contributed by atoms with E-state index in [9.17, 15) is 5.11 Å². The van der Waals surface area contributed by atoms with E-state index in [4.69, 9.17) is 4.74 Å². The standard InChI is InChI=1S/C10H18O2/c1-4-5-10(11)6-7-12-9(2,3)8-10/h4,11H,1,5-8H2,2-3H3. The number of hydrogen-bond donors (Lipinski definition) is 1. The van der Waals surface area contributed by atoms with Crippen molar-refractivity contribution < 1.29 is 9.84 Å². The zero-order valence-corrected chi connectivity index (χ0v) is 7.97. The molecule has 12 heavy (non-hydrogen) atoms. The predicted molar refractivity (Wildman–Crippen MR) is 49.0 cm³/mol. The zero-order chi connectivity index (χ0) is 9.24. The van der Waals surface area contributed by atoms with Crippen molar-refractivity contribution in [2.45, 2.75) is 44.3 Å². The molecule has 0 radical (unpaired) electrons. The Kier molecular flexibility index (Phi) is 2.59. The molecule has 1 N–H and O–H groups in total. The van der Waals surface area contributed by atoms with Crippen LogP contribution in [0.5, 0.6) is 0 Å². The molecule has 1 aliphatic rings. The van der Waals surface area contributed by atoms with Crippen molar-refractivity contribution in [2.24, 2.45) is 0 Å². The van der Waals surface area contributed by atoms with Crippen LogP contribution in [0.4, 0.5) is 0 Å². The molecule has 0 aromatic carbocycles. The van der Waals surface area contributed by atoms with Crippen molar-refractivity contribution >= 4 is 0 Å². The molecule has 1 saturated heterocycles. The monoisotopic (exact) mass is 170 g/mol. The lowest BCUT2D eigenvalue weighted by atomic mass is 9.82. The summed E-state index contributed by atoms with van der Waals surface area (Å²) in [5, 5.41) is 10.1. The van der Waals surface area contributed by atoms with Gasteiger partial charge in [-0.2, -0.15) is 0 Å². The Hall–Kier alpha value is -0.340. The lowest BCUT2D eigenvalue weighted by Gasteiger charge is -2.41. The van der Waals surface area contributed by atoms with Crippen molar-refractivity contribution in [1.29, 1.82) is 0 Å². The van der Waals surface area contributed by atoms with Crippen molar-refractivity contribution in [1.82, 2.24) is 0 Å². The van der Waals surface area contributed by atoms with Crippen molar-refractivity contribution in [3.8, 4) is 0 Å². The molecule has 0 aliphatic carbocycles. The van der Waals surface area contributed by atoms with Gasteiger partial charge < -0.3 is 9.84 Å². The first kappa shape index (κ1) is 9.75. The van der Waals surface area contributed by atoms with Crippen LogP contribution in [-0.2, 0) is 4.74 Å². The molecular formula is C10H18O2. The summed E-state index contributed by atoms with van der Waals surface area (Å²) < 4.78 is 5.51. The summed E-state index contributed by atoms with van der Waals surface area (Å²) in [6, 6.07) is 0. The topological polar surface area (TPSA) is 29.5 Å². The Labute approximate surface area is 74.2 Å². The zero-order valence-electron chi connectivity index (χ0n) is 7.97. The second kappa shape index (κ2) is 3.19. The van der Waals surface area contributed by atoms with Gasteiger partial charge in [-0.3, -0.25) is 0 Å². The molecule has 1 rings (SSSR count). The summed E-state index contributed by atoms with van der Waals surface area (Å²) in [6.07, 6.45) is 3.87. The molecule has 0 saturated carbocycles. The Bertz CT molecular complexity index is 175. The maximum Gasteiger partial charge on any atom is 0.0731 e. The minimum Gasteiger partial charge on any atom is -0.389 e. The van der Waals surface area contributed by atoms with E-state index in [1.54, 1.807) is 6.08 Å². The minimum atomic E-state index is -0.580. The summed E-state index contributed by atoms with van der Waals surface area (Å²) >= 11 is 0. The van der Waals surface area contributed by atoms with Crippen LogP contribution in [0.15, 0.2) is 12.7 Å². The molecule has 70 valence electrons. The van der Waals surface area contributed by atoms with Crippen LogP contribution in [0.25, 0.3) is 0 Å². The average molecular weight is 170 g/mol. The maximum atomic E-state index is 10.1. The van der Waals surface area contributed by atoms with Crippen LogP contribution in [0.1, 0.15) is 33.1 Å². The van der Waals surface area contributed by atoms with Gasteiger partial charge in [0, 0.05) is 6.42 Å². The first-order chi connectivity index (χ1) is 5.47. The highest BCUT2D eigenvalue weighted by atomic mass is 16.5. The highest BCUT2D eigenvalue weighted by Crippen LogP contribution is 2.34. The largest absolute Gasteiger partial charge is 0.389 e. The molecule has 1 fully saturated rings. The Morgan fingerprint density at radius 3 is 2.75 bits per heavy atom. The van der Waals surface area contributed by atoms with Gasteiger partial charge in [-0.1, -0.05) is 6.08 Å². The molecule has 1 atom stereocenters. The molecule has 0 aromatic heterocycles. The highest BCUT2D eigenvalue weighted by molar-refractivity contribution is 4.94. The fourth-order valence-electron chi connectivity index (χ4n) is 1.89. The van der Waals surface area contributed by atoms with Crippen molar-refractivity contribution in [3.05, 3.63) is 12.7 Å². The van der Waals surface area contributed by atoms with Crippen LogP contribution < -0.4 is 0 Å². The van der Waals surface area contributed by atoms with Gasteiger partial charge in [-0.25, -0.2) is 0 Å². The Morgan fingerprint density at radius 2 is 2.25 bits per heavy atom. The van der Waals surface area contributed by atoms with E-state index in [1.807, 2.05) is 13.8 Å². The predicted octanol–water partition coefficient (Wildman–Crippen LogP) is 1.88. The lowest BCUT2D eigenvalue weighted by Crippen LogP contribution is -2.45. The number of ether oxygens (including phenoxy) is 1. The summed E-state index contributed by atoms with van der Waals surface area (Å²) in [4.78, 5) is 0. The Balaban J connectivity index is 2.60. The number of hydrogen-bond acceptors (Lipinski definition) is 2. The molecule has 0 bridgehead atoms. The number of aliphatic hydroxyl groups is 1. The van der Waals surface area contributed by atoms with Crippen LogP contribution in [0.2, 0.25) is 0 Å². The third kappa shape index (κ3) is 2.32. The minimum absolute atomic E-state index is 0.185. The van der Waals surface area contributed by atoms with E-state index in [0.29, 0.717) is 19.4 Å². The fourth-order valence-corrected chi connectivity index (χ4v) is 1.89. The first-order valence-corrected chi connectivity index (χ1v) is 4.45. The van der Waals surface area contributed by atoms with E-state index >= 15 is 0 Å². The first-order valence-electron chi connectivity index (χ1n) is 4.45. The van der Waals surface area contributed by atoms with Crippen LogP contribution >= 0.6 is 0 Å². The van der Waals surface area contributed by atoms with Gasteiger partial charge in [0.1, 0.15) is 0 Å². The summed E-state index contributed by atoms with van der Waals surface area (Å²) in [5.74, 6) is 0. The molecule has 1 aliphatic heterocycles. The van der Waals surface area contributed by atoms with E-state index < -0.39 is 5.60 Å². The Morgan fingerprint density at radius 1 is 1.58 bits per heavy atom. The molecule has 0 aromatic rings. The third-order valence-corrected chi connectivity index (χ3v) is 2.34. The normalized spacial score (nSPS) is 34.6. The average Bonchev–Trinajstić information content (AvgIpc) is 1.83. The molecule has 2 heteroatoms. The molecule has 2 nitrogen and oxygen atoms in total. The van der Waals surface area contributed by atoms with Crippen LogP contribution in [-0.4, -0.2) is 22.9 Å². The van der Waals surface area contributed by atoms with Crippen LogP contribution in [0.3, 0.4) is 0 Å². The van der Waals surface area contributed by atoms with Gasteiger partial charge in [-0.05, 0) is 26.7 Å². The van der Waals surface area contributed by atoms with Gasteiger partial charge in [0.15, 0.2) is 0 Å². The summed E-state index contributed by atoms with van der Waals surface area (Å²) in [6.45, 7) is 8.33.